The number of aliphatic hydroxyl groups excluding tert-OH is 21. The van der Waals surface area contributed by atoms with Crippen LogP contribution in [0, 0.1) is 0 Å². The van der Waals surface area contributed by atoms with E-state index in [0.717, 1.165) is 104 Å². The van der Waals surface area contributed by atoms with Crippen LogP contribution in [0.4, 0.5) is 0 Å². The van der Waals surface area contributed by atoms with Crippen LogP contribution < -0.4 is 21.3 Å². The Morgan fingerprint density at radius 2 is 0.797 bits per heavy atom. The minimum absolute atomic E-state index is 0.0652. The molecule has 7 saturated heterocycles. The summed E-state index contributed by atoms with van der Waals surface area (Å²) in [4.78, 5) is 81.3. The second-order valence-corrected chi connectivity index (χ2v) is 38.8. The third-order valence-corrected chi connectivity index (χ3v) is 27.3. The molecule has 7 fully saturated rings. The van der Waals surface area contributed by atoms with Crippen molar-refractivity contribution >= 4 is 35.6 Å². The van der Waals surface area contributed by atoms with Gasteiger partial charge in [-0.3, -0.25) is 19.2 Å². The molecule has 0 spiro atoms. The van der Waals surface area contributed by atoms with Gasteiger partial charge in [-0.05, 0) is 51.9 Å². The zero-order valence-electron chi connectivity index (χ0n) is 83.1. The number of carboxylic acids is 2. The highest BCUT2D eigenvalue weighted by Crippen LogP contribution is 2.44. The van der Waals surface area contributed by atoms with Gasteiger partial charge in [0.1, 0.15) is 153 Å². The normalized spacial score (nSPS) is 35.8. The van der Waals surface area contributed by atoms with Gasteiger partial charge in [0.15, 0.2) is 31.5 Å². The van der Waals surface area contributed by atoms with Crippen LogP contribution in [-0.2, 0) is 95.1 Å². The molecule has 0 aromatic carbocycles. The molecule has 7 aliphatic heterocycles. The Morgan fingerprint density at radius 1 is 0.392 bits per heavy atom. The summed E-state index contributed by atoms with van der Waals surface area (Å²) >= 11 is 0. The number of aliphatic hydroxyl groups is 21. The minimum Gasteiger partial charge on any atom is -0.477 e. The van der Waals surface area contributed by atoms with Crippen molar-refractivity contribution in [1.29, 1.82) is 0 Å². The van der Waals surface area contributed by atoms with E-state index in [4.69, 9.17) is 66.3 Å². The fraction of sp³-hybridized carbons (Fsp3) is 0.896. The average molecular weight is 2070 g/mol. The zero-order valence-corrected chi connectivity index (χ0v) is 83.1. The molecule has 14 unspecified atom stereocenters. The summed E-state index contributed by atoms with van der Waals surface area (Å²) in [6, 6.07) is -7.35. The molecule has 0 bridgehead atoms. The van der Waals surface area contributed by atoms with Crippen LogP contribution in [0.15, 0.2) is 24.3 Å². The Kier molecular flexibility index (Phi) is 55.8. The fourth-order valence-corrected chi connectivity index (χ4v) is 19.1. The number of allylic oxidation sites excluding steroid dienone is 3. The summed E-state index contributed by atoms with van der Waals surface area (Å²) in [7, 11) is 0. The van der Waals surface area contributed by atoms with E-state index in [1.807, 2.05) is 0 Å². The highest BCUT2D eigenvalue weighted by atomic mass is 16.8. The lowest BCUT2D eigenvalue weighted by molar-refractivity contribution is -0.406. The molecule has 143 heavy (non-hydrogen) atoms. The standard InChI is InChI=1S/C96H168N4O43/c1-7-9-11-13-15-17-19-21-22-23-24-25-26-27-28-30-32-34-36-38-40-42-66(114)100-56(57(110)41-39-37-35-33-31-29-20-18-16-14-12-10-8-2)51-130-89-79(124)77(122)81(64(49-105)134-89)136-91-80(125)86(143-96(94(128)129)44-59(112)68(98-54(5)108)85(142-96)74(119)63(48-104)140-95(93(126)127)43-58(111)67(97-53(4)107)84(141-95)71(116)60(113)45-101)82(65(50-106)135-91)137-88-69(99-55(6)109)83(73(118)62(47-103)132-88)138-92-87(76(121)72(117)61(46-102)133-92)139-90-78(123)75(120)70(115)52(3)131-90/h21-22,39,41,52,56-65,67-92,101-106,110-113,115-125H,7-20,23-38,40,42-51H2,1-6H3,(H,97,107)(H,98,108)(H,99,109)(H,100,114)(H,126,127)(H,128,129)/b22-21-,41-39+/t52?,56-,57+,58?,59?,60+,61?,62?,63+,64?,65?,67+,68+,69?,70+,71+,72-,73-,74+,75?,76-,77+,78-,79?,80?,81+,82-,83+,84?,85?,86+,87?,88-,89+,90+,91-,92-,95+,96-/m0/s1. The second kappa shape index (κ2) is 63.9. The molecule has 7 rings (SSSR count). The molecule has 830 valence electrons. The summed E-state index contributed by atoms with van der Waals surface area (Å²) in [5, 5.41) is 273. The van der Waals surface area contributed by atoms with E-state index in [9.17, 15) is 146 Å². The van der Waals surface area contributed by atoms with E-state index in [1.54, 1.807) is 6.08 Å². The quantitative estimate of drug-likeness (QED) is 0.0215. The highest BCUT2D eigenvalue weighted by molar-refractivity contribution is 5.78. The van der Waals surface area contributed by atoms with Gasteiger partial charge in [-0.2, -0.15) is 0 Å². The van der Waals surface area contributed by atoms with E-state index in [-0.39, 0.29) is 6.42 Å². The van der Waals surface area contributed by atoms with E-state index < -0.39 is 333 Å². The molecule has 47 nitrogen and oxygen atoms in total. The Hall–Kier alpha value is -5.10. The SMILES string of the molecule is CCCCCCCC/C=C\CCCCCCCCCCCCCC(=O)N[C@@H](CO[C@@H]1OC(CO)[C@@H](O[C@@H]2OC(CO)[C@H](O[C@@H]3OC(CO)[C@H](O)[C@H](O[C@@H]4OC(CO)[C@H](O)[C@H](O)C4O[C@H]4OC(C)[C@@H](O)C(O)[C@@H]4O)C3NC(C)=O)[C@H](O[C@]3(C(=O)O)CC(O)[C@@H](NC(C)=O)C([C@H](O)[C@@H](CO)O[C@]4(C(=O)O)CC(O)[C@@H](NC(C)=O)C([C@H](O)[C@H](O)CO)O4)O3)C2O)[C@H](O)C1O)[C@H](O)/C=C/CCCCCCCCCCCCC. The number of nitrogens with one attached hydrogen (secondary N) is 4. The van der Waals surface area contributed by atoms with Crippen molar-refractivity contribution < 1.29 is 213 Å². The summed E-state index contributed by atoms with van der Waals surface area (Å²) in [5.74, 6) is -15.3. The molecule has 0 saturated carbocycles. The van der Waals surface area contributed by atoms with Crippen molar-refractivity contribution in [2.75, 3.05) is 46.2 Å². The molecule has 39 atom stereocenters. The summed E-state index contributed by atoms with van der Waals surface area (Å²) in [6.07, 6.45) is -34.0. The van der Waals surface area contributed by atoms with Gasteiger partial charge < -0.3 is 205 Å². The van der Waals surface area contributed by atoms with Crippen molar-refractivity contribution in [3.8, 4) is 0 Å². The first-order valence-corrected chi connectivity index (χ1v) is 51.2. The van der Waals surface area contributed by atoms with Crippen molar-refractivity contribution in [2.24, 2.45) is 0 Å². The number of hydrogen-bond acceptors (Lipinski definition) is 41. The average Bonchev–Trinajstić information content (AvgIpc) is 0.747. The number of carbonyl (C=O) groups excluding carboxylic acids is 4. The number of unbranched alkanes of at least 4 members (excludes halogenated alkanes) is 28. The molecular formula is C96H168N4O43. The Bertz CT molecular complexity index is 3690. The minimum atomic E-state index is -3.75. The van der Waals surface area contributed by atoms with Gasteiger partial charge in [0.05, 0.1) is 88.8 Å². The molecule has 0 aromatic heterocycles. The Balaban J connectivity index is 1.19. The van der Waals surface area contributed by atoms with Crippen LogP contribution in [0.5, 0.6) is 0 Å². The molecule has 47 heteroatoms. The lowest BCUT2D eigenvalue weighted by Crippen LogP contribution is -2.73. The number of aliphatic carboxylic acids is 2. The largest absolute Gasteiger partial charge is 0.477 e. The van der Waals surface area contributed by atoms with Crippen molar-refractivity contribution in [1.82, 2.24) is 21.3 Å². The summed E-state index contributed by atoms with van der Waals surface area (Å²) < 4.78 is 84.9. The van der Waals surface area contributed by atoms with E-state index >= 15 is 0 Å². The van der Waals surface area contributed by atoms with Gasteiger partial charge >= 0.3 is 11.9 Å². The predicted molar refractivity (Wildman–Crippen MR) is 499 cm³/mol. The van der Waals surface area contributed by atoms with Gasteiger partial charge in [-0.25, -0.2) is 9.59 Å². The Morgan fingerprint density at radius 3 is 1.29 bits per heavy atom. The number of carbonyl (C=O) groups is 6. The van der Waals surface area contributed by atoms with E-state index in [1.165, 1.54) is 116 Å². The van der Waals surface area contributed by atoms with Crippen LogP contribution >= 0.6 is 0 Å². The number of hydrogen-bond donors (Lipinski definition) is 27. The zero-order chi connectivity index (χ0) is 105. The van der Waals surface area contributed by atoms with E-state index in [2.05, 4.69) is 47.3 Å². The maximum Gasteiger partial charge on any atom is 0.364 e. The lowest BCUT2D eigenvalue weighted by atomic mass is 9.87. The summed E-state index contributed by atoms with van der Waals surface area (Å²) in [5.41, 5.74) is 0. The first-order valence-electron chi connectivity index (χ1n) is 51.2. The second-order valence-electron chi connectivity index (χ2n) is 38.8. The molecule has 4 amide bonds. The van der Waals surface area contributed by atoms with Crippen molar-refractivity contribution in [3.63, 3.8) is 0 Å². The van der Waals surface area contributed by atoms with Crippen molar-refractivity contribution in [3.05, 3.63) is 24.3 Å². The first-order chi connectivity index (χ1) is 68.3. The van der Waals surface area contributed by atoms with Gasteiger partial charge in [0, 0.05) is 40.0 Å². The number of carboxylic acid groups (broad SMARTS) is 2. The number of amides is 4. The molecular weight excluding hydrogens is 1900 g/mol. The number of rotatable bonds is 66. The van der Waals surface area contributed by atoms with E-state index in [0.29, 0.717) is 12.8 Å². The van der Waals surface area contributed by atoms with Gasteiger partial charge in [0.2, 0.25) is 23.6 Å². The van der Waals surface area contributed by atoms with Crippen LogP contribution in [0.3, 0.4) is 0 Å². The van der Waals surface area contributed by atoms with Crippen molar-refractivity contribution in [2.45, 2.75) is 498 Å². The fourth-order valence-electron chi connectivity index (χ4n) is 19.1. The molecule has 0 radical (unpaired) electrons. The molecule has 0 aromatic rings. The smallest absolute Gasteiger partial charge is 0.364 e. The third-order valence-electron chi connectivity index (χ3n) is 27.3. The first kappa shape index (κ1) is 125. The molecule has 7 heterocycles. The Labute approximate surface area is 834 Å². The molecule has 0 aliphatic carbocycles. The maximum atomic E-state index is 14.6. The molecule has 27 N–H and O–H groups in total. The number of ether oxygens (including phenoxy) is 14. The molecule has 7 aliphatic rings. The summed E-state index contributed by atoms with van der Waals surface area (Å²) in [6.45, 7) is -0.0878. The van der Waals surface area contributed by atoms with Gasteiger partial charge in [-0.15, -0.1) is 0 Å². The van der Waals surface area contributed by atoms with Gasteiger partial charge in [0.25, 0.3) is 11.6 Å². The van der Waals surface area contributed by atoms with Crippen LogP contribution in [0.25, 0.3) is 0 Å². The highest BCUT2D eigenvalue weighted by Gasteiger charge is 2.65. The maximum absolute atomic E-state index is 14.6. The predicted octanol–water partition coefficient (Wildman–Crippen LogP) is -2.90. The van der Waals surface area contributed by atoms with Crippen LogP contribution in [0.1, 0.15) is 260 Å². The van der Waals surface area contributed by atoms with Crippen LogP contribution in [0.2, 0.25) is 0 Å². The topological polar surface area (TPSA) is 745 Å². The lowest BCUT2D eigenvalue weighted by Gasteiger charge is -2.53. The van der Waals surface area contributed by atoms with Gasteiger partial charge in [-0.1, -0.05) is 192 Å². The van der Waals surface area contributed by atoms with Crippen LogP contribution in [-0.4, -0.2) is 437 Å². The monoisotopic (exact) mass is 2070 g/mol. The third kappa shape index (κ3) is 36.9.